The number of carbonyl (C=O) groups excluding carboxylic acids is 1. The molecule has 178 valence electrons. The summed E-state index contributed by atoms with van der Waals surface area (Å²) in [6, 6.07) is 7.20. The van der Waals surface area contributed by atoms with Crippen LogP contribution < -0.4 is 20.1 Å². The Balaban J connectivity index is 1.62. The number of carbonyl (C=O) groups is 1. The van der Waals surface area contributed by atoms with Gasteiger partial charge in [0.05, 0.1) is 31.8 Å². The van der Waals surface area contributed by atoms with Crippen LogP contribution in [0.4, 0.5) is 5.82 Å². The summed E-state index contributed by atoms with van der Waals surface area (Å²) in [5, 5.41) is 12.4. The second-order valence-electron chi connectivity index (χ2n) is 7.34. The van der Waals surface area contributed by atoms with Crippen molar-refractivity contribution < 1.29 is 19.0 Å². The van der Waals surface area contributed by atoms with Crippen LogP contribution in [0.5, 0.6) is 11.5 Å². The van der Waals surface area contributed by atoms with E-state index in [0.29, 0.717) is 53.8 Å². The van der Waals surface area contributed by atoms with E-state index in [9.17, 15) is 4.79 Å². The number of nitrogens with one attached hydrogen (secondary N) is 2. The quantitative estimate of drug-likeness (QED) is 0.219. The minimum Gasteiger partial charge on any atom is -0.493 e. The van der Waals surface area contributed by atoms with Gasteiger partial charge in [-0.2, -0.15) is 5.10 Å². The first-order valence-corrected chi connectivity index (χ1v) is 11.5. The smallest absolute Gasteiger partial charge is 0.258 e. The number of nitrogens with zero attached hydrogens (tertiary/aromatic N) is 4. The normalized spacial score (nSPS) is 11.1. The second kappa shape index (κ2) is 12.3. The average Bonchev–Trinajstić information content (AvgIpc) is 3.20. The molecule has 1 aromatic carbocycles. The number of anilines is 1. The molecule has 11 heteroatoms. The van der Waals surface area contributed by atoms with E-state index < -0.39 is 0 Å². The van der Waals surface area contributed by atoms with E-state index in [1.54, 1.807) is 49.0 Å². The lowest BCUT2D eigenvalue weighted by Crippen LogP contribution is -2.31. The standard InChI is InChI=1S/C22H30N6O4S/c1-15(2)33-22-26-20(24-10-12-30-3)16-13-25-28(21(16)27-22)11-9-23-19(29)14-32-18-8-6-5-7-17(18)31-4/h5-8,13,15H,9-12,14H2,1-4H3,(H,23,29)(H,24,26,27). The van der Waals surface area contributed by atoms with Gasteiger partial charge in [-0.15, -0.1) is 0 Å². The highest BCUT2D eigenvalue weighted by Crippen LogP contribution is 2.27. The van der Waals surface area contributed by atoms with Gasteiger partial charge in [-0.1, -0.05) is 37.7 Å². The molecule has 3 aromatic rings. The van der Waals surface area contributed by atoms with Gasteiger partial charge in [-0.3, -0.25) is 4.79 Å². The van der Waals surface area contributed by atoms with Gasteiger partial charge in [0, 0.05) is 25.4 Å². The molecule has 0 atom stereocenters. The number of ether oxygens (including phenoxy) is 3. The zero-order chi connectivity index (χ0) is 23.6. The second-order valence-corrected chi connectivity index (χ2v) is 8.88. The molecule has 0 radical (unpaired) electrons. The predicted octanol–water partition coefficient (Wildman–Crippen LogP) is 2.59. The van der Waals surface area contributed by atoms with Crippen molar-refractivity contribution in [3.8, 4) is 11.5 Å². The Kier molecular flexibility index (Phi) is 9.14. The van der Waals surface area contributed by atoms with Gasteiger partial charge in [0.2, 0.25) is 0 Å². The highest BCUT2D eigenvalue weighted by atomic mass is 32.2. The Bertz CT molecular complexity index is 1060. The number of hydrogen-bond acceptors (Lipinski definition) is 9. The first kappa shape index (κ1) is 24.6. The molecular formula is C22H30N6O4S. The van der Waals surface area contributed by atoms with Crippen molar-refractivity contribution in [2.24, 2.45) is 0 Å². The zero-order valence-electron chi connectivity index (χ0n) is 19.3. The van der Waals surface area contributed by atoms with Gasteiger partial charge in [0.15, 0.2) is 28.9 Å². The highest BCUT2D eigenvalue weighted by Gasteiger charge is 2.14. The maximum Gasteiger partial charge on any atom is 0.258 e. The molecule has 3 rings (SSSR count). The molecule has 2 N–H and O–H groups in total. The van der Waals surface area contributed by atoms with Gasteiger partial charge < -0.3 is 24.8 Å². The van der Waals surface area contributed by atoms with E-state index in [0.717, 1.165) is 11.2 Å². The van der Waals surface area contributed by atoms with Crippen molar-refractivity contribution in [1.82, 2.24) is 25.1 Å². The number of rotatable bonds is 13. The van der Waals surface area contributed by atoms with Crippen LogP contribution in [-0.2, 0) is 16.1 Å². The number of fused-ring (bicyclic) bond motifs is 1. The van der Waals surface area contributed by atoms with Gasteiger partial charge in [-0.25, -0.2) is 14.6 Å². The number of amides is 1. The van der Waals surface area contributed by atoms with Gasteiger partial charge in [0.25, 0.3) is 5.91 Å². The fourth-order valence-electron chi connectivity index (χ4n) is 3.00. The van der Waals surface area contributed by atoms with Gasteiger partial charge in [-0.05, 0) is 12.1 Å². The number of hydrogen-bond donors (Lipinski definition) is 2. The summed E-state index contributed by atoms with van der Waals surface area (Å²) in [6.07, 6.45) is 1.74. The predicted molar refractivity (Wildman–Crippen MR) is 128 cm³/mol. The Morgan fingerprint density at radius 2 is 1.94 bits per heavy atom. The molecule has 0 saturated heterocycles. The van der Waals surface area contributed by atoms with Crippen molar-refractivity contribution in [3.63, 3.8) is 0 Å². The van der Waals surface area contributed by atoms with E-state index in [2.05, 4.69) is 39.5 Å². The summed E-state index contributed by atoms with van der Waals surface area (Å²) < 4.78 is 17.7. The fraction of sp³-hybridized carbons (Fsp3) is 0.455. The molecule has 0 spiro atoms. The Hall–Kier alpha value is -3.05. The summed E-state index contributed by atoms with van der Waals surface area (Å²) in [5.41, 5.74) is 0.715. The minimum atomic E-state index is -0.232. The number of para-hydroxylation sites is 2. The van der Waals surface area contributed by atoms with Crippen LogP contribution in [-0.4, -0.2) is 71.4 Å². The number of thioether (sulfide) groups is 1. The van der Waals surface area contributed by atoms with Crippen LogP contribution in [0.1, 0.15) is 13.8 Å². The summed E-state index contributed by atoms with van der Waals surface area (Å²) >= 11 is 1.58. The summed E-state index contributed by atoms with van der Waals surface area (Å²) in [4.78, 5) is 21.6. The molecule has 0 bridgehead atoms. The largest absolute Gasteiger partial charge is 0.493 e. The lowest BCUT2D eigenvalue weighted by atomic mass is 10.3. The Labute approximate surface area is 197 Å². The third kappa shape index (κ3) is 6.96. The lowest BCUT2D eigenvalue weighted by molar-refractivity contribution is -0.123. The van der Waals surface area contributed by atoms with Crippen LogP contribution >= 0.6 is 11.8 Å². The molecule has 2 heterocycles. The van der Waals surface area contributed by atoms with Gasteiger partial charge in [0.1, 0.15) is 5.82 Å². The van der Waals surface area contributed by atoms with E-state index in [4.69, 9.17) is 14.2 Å². The van der Waals surface area contributed by atoms with Crippen molar-refractivity contribution in [2.75, 3.05) is 45.8 Å². The molecular weight excluding hydrogens is 444 g/mol. The highest BCUT2D eigenvalue weighted by molar-refractivity contribution is 7.99. The van der Waals surface area contributed by atoms with Crippen LogP contribution in [0, 0.1) is 0 Å². The van der Waals surface area contributed by atoms with E-state index >= 15 is 0 Å². The van der Waals surface area contributed by atoms with Crippen LogP contribution in [0.15, 0.2) is 35.6 Å². The SMILES string of the molecule is COCCNc1nc(SC(C)C)nc2c1cnn2CCNC(=O)COc1ccccc1OC. The molecule has 2 aromatic heterocycles. The number of methoxy groups -OCH3 is 2. The maximum atomic E-state index is 12.2. The van der Waals surface area contributed by atoms with Crippen LogP contribution in [0.2, 0.25) is 0 Å². The molecule has 10 nitrogen and oxygen atoms in total. The molecule has 0 fully saturated rings. The monoisotopic (exact) mass is 474 g/mol. The van der Waals surface area contributed by atoms with Crippen molar-refractivity contribution in [1.29, 1.82) is 0 Å². The molecule has 0 aliphatic heterocycles. The first-order valence-electron chi connectivity index (χ1n) is 10.7. The van der Waals surface area contributed by atoms with E-state index in [1.165, 1.54) is 0 Å². The fourth-order valence-corrected chi connectivity index (χ4v) is 3.71. The maximum absolute atomic E-state index is 12.2. The van der Waals surface area contributed by atoms with Crippen LogP contribution in [0.3, 0.4) is 0 Å². The summed E-state index contributed by atoms with van der Waals surface area (Å²) in [7, 11) is 3.22. The molecule has 0 saturated carbocycles. The van der Waals surface area contributed by atoms with Crippen molar-refractivity contribution >= 4 is 34.5 Å². The van der Waals surface area contributed by atoms with Crippen molar-refractivity contribution in [3.05, 3.63) is 30.5 Å². The summed E-state index contributed by atoms with van der Waals surface area (Å²) in [6.45, 7) is 6.12. The third-order valence-corrected chi connectivity index (χ3v) is 5.35. The van der Waals surface area contributed by atoms with Gasteiger partial charge >= 0.3 is 0 Å². The lowest BCUT2D eigenvalue weighted by Gasteiger charge is -2.11. The average molecular weight is 475 g/mol. The third-order valence-electron chi connectivity index (χ3n) is 4.49. The van der Waals surface area contributed by atoms with E-state index in [1.807, 2.05) is 12.1 Å². The first-order chi connectivity index (χ1) is 16.0. The van der Waals surface area contributed by atoms with E-state index in [-0.39, 0.29) is 12.5 Å². The van der Waals surface area contributed by atoms with Crippen molar-refractivity contribution in [2.45, 2.75) is 30.8 Å². The topological polar surface area (TPSA) is 112 Å². The molecule has 1 amide bonds. The van der Waals surface area contributed by atoms with Crippen LogP contribution in [0.25, 0.3) is 11.0 Å². The summed E-state index contributed by atoms with van der Waals surface area (Å²) in [5.74, 6) is 1.59. The Morgan fingerprint density at radius 3 is 2.67 bits per heavy atom. The minimum absolute atomic E-state index is 0.106. The zero-order valence-corrected chi connectivity index (χ0v) is 20.1. The number of benzene rings is 1. The Morgan fingerprint density at radius 1 is 1.15 bits per heavy atom. The molecule has 33 heavy (non-hydrogen) atoms. The molecule has 0 aliphatic rings. The molecule has 0 unspecified atom stereocenters. The number of aromatic nitrogens is 4. The molecule has 0 aliphatic carbocycles.